The Morgan fingerprint density at radius 1 is 0.971 bits per heavy atom. The van der Waals surface area contributed by atoms with Crippen molar-refractivity contribution in [2.24, 2.45) is 0 Å². The summed E-state index contributed by atoms with van der Waals surface area (Å²) >= 11 is 4.44. The van der Waals surface area contributed by atoms with Gasteiger partial charge in [-0.15, -0.1) is 12.6 Å². The highest BCUT2D eigenvalue weighted by Gasteiger charge is 2.41. The van der Waals surface area contributed by atoms with Crippen LogP contribution in [0.4, 0.5) is 11.4 Å². The molecule has 3 aromatic rings. The number of nitrogens with zero attached hydrogens (tertiary/aromatic N) is 2. The minimum Gasteiger partial charge on any atom is -0.477 e. The number of benzene rings is 3. The molecule has 1 heterocycles. The molecule has 0 bridgehead atoms. The molecule has 168 valence electrons. The Labute approximate surface area is 204 Å². The lowest BCUT2D eigenvalue weighted by Crippen LogP contribution is -2.26. The summed E-state index contributed by atoms with van der Waals surface area (Å²) in [7, 11) is 0. The van der Waals surface area contributed by atoms with Crippen molar-refractivity contribution in [3.05, 3.63) is 94.6 Å². The van der Waals surface area contributed by atoms with Crippen molar-refractivity contribution in [2.45, 2.75) is 36.1 Å². The topological polar surface area (TPSA) is 64.3 Å². The molecule has 0 spiro atoms. The summed E-state index contributed by atoms with van der Waals surface area (Å²) in [5.74, 6) is -0.654. The second kappa shape index (κ2) is 9.24. The quantitative estimate of drug-likeness (QED) is 0.186. The Balaban J connectivity index is 1.39. The van der Waals surface area contributed by atoms with Crippen LogP contribution >= 0.6 is 12.6 Å². The molecule has 1 saturated carbocycles. The third-order valence-electron chi connectivity index (χ3n) is 6.72. The standard InChI is InChI=1S/C29H24N2O2S/c30-18-22(29(32)33)16-20-7-4-19(5-8-20)6-9-21-10-15-28-26(17-21)25-2-1-3-27(25)31(28)23-11-13-24(34)14-12-23/h4-17,25,27,34H,1-3H2,(H,32,33). The molecule has 0 aromatic heterocycles. The molecule has 0 saturated heterocycles. The van der Waals surface area contributed by atoms with Crippen LogP contribution in [0.1, 0.15) is 47.4 Å². The van der Waals surface area contributed by atoms with Gasteiger partial charge in [-0.05, 0) is 77.6 Å². The molecule has 2 atom stereocenters. The average molecular weight is 465 g/mol. The van der Waals surface area contributed by atoms with Crippen molar-refractivity contribution < 1.29 is 9.90 Å². The number of nitriles is 1. The second-order valence-corrected chi connectivity index (χ2v) is 9.30. The van der Waals surface area contributed by atoms with Gasteiger partial charge in [-0.25, -0.2) is 4.79 Å². The van der Waals surface area contributed by atoms with Crippen molar-refractivity contribution in [1.82, 2.24) is 0 Å². The fourth-order valence-corrected chi connectivity index (χ4v) is 5.28. The molecule has 1 aliphatic heterocycles. The van der Waals surface area contributed by atoms with Gasteiger partial charge in [0.25, 0.3) is 0 Å². The van der Waals surface area contributed by atoms with Crippen LogP contribution in [0.25, 0.3) is 18.2 Å². The molecule has 5 rings (SSSR count). The van der Waals surface area contributed by atoms with Crippen molar-refractivity contribution in [3.8, 4) is 6.07 Å². The van der Waals surface area contributed by atoms with E-state index < -0.39 is 5.97 Å². The number of hydrogen-bond acceptors (Lipinski definition) is 4. The number of carboxylic acid groups (broad SMARTS) is 1. The number of fused-ring (bicyclic) bond motifs is 3. The van der Waals surface area contributed by atoms with Crippen LogP contribution < -0.4 is 4.90 Å². The lowest BCUT2D eigenvalue weighted by atomic mass is 9.95. The number of aliphatic carboxylic acids is 1. The Bertz CT molecular complexity index is 1330. The third-order valence-corrected chi connectivity index (χ3v) is 7.01. The van der Waals surface area contributed by atoms with Crippen molar-refractivity contribution in [2.75, 3.05) is 4.90 Å². The first kappa shape index (κ1) is 22.1. The van der Waals surface area contributed by atoms with Crippen LogP contribution in [-0.2, 0) is 4.79 Å². The highest BCUT2D eigenvalue weighted by atomic mass is 32.1. The first-order valence-electron chi connectivity index (χ1n) is 11.4. The first-order valence-corrected chi connectivity index (χ1v) is 11.8. The Morgan fingerprint density at radius 3 is 2.35 bits per heavy atom. The maximum atomic E-state index is 11.0. The summed E-state index contributed by atoms with van der Waals surface area (Å²) in [6.07, 6.45) is 9.24. The van der Waals surface area contributed by atoms with Gasteiger partial charge < -0.3 is 10.0 Å². The predicted molar refractivity (Wildman–Crippen MR) is 139 cm³/mol. The van der Waals surface area contributed by atoms with Gasteiger partial charge in [0.2, 0.25) is 0 Å². The zero-order valence-corrected chi connectivity index (χ0v) is 19.5. The molecule has 1 aliphatic carbocycles. The largest absolute Gasteiger partial charge is 0.477 e. The van der Waals surface area contributed by atoms with Crippen LogP contribution in [0.5, 0.6) is 0 Å². The van der Waals surface area contributed by atoms with Gasteiger partial charge in [0.1, 0.15) is 11.6 Å². The van der Waals surface area contributed by atoms with E-state index in [0.29, 0.717) is 17.5 Å². The molecule has 2 aliphatic rings. The number of carbonyl (C=O) groups is 1. The summed E-state index contributed by atoms with van der Waals surface area (Å²) in [6.45, 7) is 0. The van der Waals surface area contributed by atoms with E-state index in [1.54, 1.807) is 6.07 Å². The van der Waals surface area contributed by atoms with Gasteiger partial charge in [0, 0.05) is 28.2 Å². The lowest BCUT2D eigenvalue weighted by molar-refractivity contribution is -0.132. The number of hydrogen-bond donors (Lipinski definition) is 2. The highest BCUT2D eigenvalue weighted by molar-refractivity contribution is 7.80. The van der Waals surface area contributed by atoms with E-state index in [9.17, 15) is 4.79 Å². The number of carboxylic acids is 1. The molecule has 2 unspecified atom stereocenters. The Morgan fingerprint density at radius 2 is 1.65 bits per heavy atom. The summed E-state index contributed by atoms with van der Waals surface area (Å²) in [4.78, 5) is 14.5. The highest BCUT2D eigenvalue weighted by Crippen LogP contribution is 2.52. The maximum Gasteiger partial charge on any atom is 0.346 e. The molecule has 1 N–H and O–H groups in total. The van der Waals surface area contributed by atoms with Gasteiger partial charge in [-0.2, -0.15) is 5.26 Å². The van der Waals surface area contributed by atoms with E-state index >= 15 is 0 Å². The van der Waals surface area contributed by atoms with Crippen molar-refractivity contribution >= 4 is 48.2 Å². The average Bonchev–Trinajstić information content (AvgIpc) is 3.43. The number of anilines is 2. The van der Waals surface area contributed by atoms with Crippen LogP contribution in [0, 0.1) is 11.3 Å². The van der Waals surface area contributed by atoms with Gasteiger partial charge in [-0.1, -0.05) is 48.9 Å². The minimum atomic E-state index is -1.22. The molecule has 4 nitrogen and oxygen atoms in total. The van der Waals surface area contributed by atoms with Gasteiger partial charge in [-0.3, -0.25) is 0 Å². The van der Waals surface area contributed by atoms with Gasteiger partial charge in [0.05, 0.1) is 0 Å². The van der Waals surface area contributed by atoms with Gasteiger partial charge in [0.15, 0.2) is 0 Å². The molecule has 3 aromatic carbocycles. The number of rotatable bonds is 5. The maximum absolute atomic E-state index is 11.0. The molecule has 5 heteroatoms. The van der Waals surface area contributed by atoms with Crippen LogP contribution in [0.2, 0.25) is 0 Å². The normalized spacial score (nSPS) is 19.2. The van der Waals surface area contributed by atoms with Gasteiger partial charge >= 0.3 is 5.97 Å². The van der Waals surface area contributed by atoms with Crippen LogP contribution in [0.15, 0.2) is 77.2 Å². The monoisotopic (exact) mass is 464 g/mol. The zero-order valence-electron chi connectivity index (χ0n) is 18.6. The van der Waals surface area contributed by atoms with E-state index in [0.717, 1.165) is 10.5 Å². The van der Waals surface area contributed by atoms with E-state index in [4.69, 9.17) is 10.4 Å². The summed E-state index contributed by atoms with van der Waals surface area (Å²) in [6, 6.07) is 24.9. The van der Waals surface area contributed by atoms with E-state index in [1.165, 1.54) is 47.8 Å². The predicted octanol–water partition coefficient (Wildman–Crippen LogP) is 6.93. The minimum absolute atomic E-state index is 0.276. The zero-order chi connectivity index (χ0) is 23.7. The summed E-state index contributed by atoms with van der Waals surface area (Å²) < 4.78 is 0. The second-order valence-electron chi connectivity index (χ2n) is 8.78. The molecular weight excluding hydrogens is 440 g/mol. The molecular formula is C29H24N2O2S. The Hall–Kier alpha value is -3.75. The summed E-state index contributed by atoms with van der Waals surface area (Å²) in [5, 5.41) is 17.9. The van der Waals surface area contributed by atoms with Crippen molar-refractivity contribution in [3.63, 3.8) is 0 Å². The molecule has 0 radical (unpaired) electrons. The lowest BCUT2D eigenvalue weighted by Gasteiger charge is -2.27. The first-order chi connectivity index (χ1) is 16.5. The van der Waals surface area contributed by atoms with Crippen LogP contribution in [0.3, 0.4) is 0 Å². The molecule has 0 amide bonds. The fourth-order valence-electron chi connectivity index (χ4n) is 5.13. The number of thiol groups is 1. The molecule has 1 fully saturated rings. The van der Waals surface area contributed by atoms with E-state index in [1.807, 2.05) is 24.3 Å². The van der Waals surface area contributed by atoms with Crippen LogP contribution in [-0.4, -0.2) is 17.1 Å². The van der Waals surface area contributed by atoms with E-state index in [-0.39, 0.29) is 5.57 Å². The van der Waals surface area contributed by atoms with E-state index in [2.05, 4.69) is 72.1 Å². The third kappa shape index (κ3) is 4.25. The Kier molecular flexibility index (Phi) is 6.00. The fraction of sp³-hybridized carbons (Fsp3) is 0.172. The molecule has 34 heavy (non-hydrogen) atoms. The SMILES string of the molecule is N#CC(=Cc1ccc(C=Cc2ccc3c(c2)C2CCCC2N3c2ccc(S)cc2)cc1)C(=O)O. The van der Waals surface area contributed by atoms with Crippen molar-refractivity contribution in [1.29, 1.82) is 5.26 Å². The smallest absolute Gasteiger partial charge is 0.346 e. The summed E-state index contributed by atoms with van der Waals surface area (Å²) in [5.41, 5.74) is 6.55.